The normalized spacial score (nSPS) is 14.7. The Morgan fingerprint density at radius 2 is 1.21 bits per heavy atom. The summed E-state index contributed by atoms with van der Waals surface area (Å²) < 4.78 is 39.3. The zero-order valence-corrected chi connectivity index (χ0v) is 31.0. The summed E-state index contributed by atoms with van der Waals surface area (Å²) in [5, 5.41) is 12.9. The first kappa shape index (κ1) is 37.4. The van der Waals surface area contributed by atoms with Crippen LogP contribution in [0.4, 0.5) is 0 Å². The number of hydrogen-bond donors (Lipinski definition) is 2. The second kappa shape index (κ2) is 13.3. The molecule has 10 heteroatoms. The first-order valence-corrected chi connectivity index (χ1v) is 20.1. The Morgan fingerprint density at radius 3 is 1.58 bits per heavy atom. The van der Waals surface area contributed by atoms with Gasteiger partial charge in [0.2, 0.25) is 0 Å². The minimum atomic E-state index is -4.81. The summed E-state index contributed by atoms with van der Waals surface area (Å²) in [4.78, 5) is 0.229. The summed E-state index contributed by atoms with van der Waals surface area (Å²) in [5.74, 6) is 0.666. The molecule has 6 nitrogen and oxygen atoms in total. The number of nitrogens with zero attached hydrogens (tertiary/aromatic N) is 1. The fourth-order valence-corrected chi connectivity index (χ4v) is 20.4. The summed E-state index contributed by atoms with van der Waals surface area (Å²) in [6.07, 6.45) is -0.123. The van der Waals surface area contributed by atoms with Crippen molar-refractivity contribution >= 4 is 32.0 Å². The third-order valence-electron chi connectivity index (χ3n) is 7.43. The van der Waals surface area contributed by atoms with Crippen molar-refractivity contribution < 1.29 is 50.7 Å². The Kier molecular flexibility index (Phi) is 11.6. The molecule has 1 heterocycles. The summed E-state index contributed by atoms with van der Waals surface area (Å²) in [5.41, 5.74) is 6.92. The fourth-order valence-electron chi connectivity index (χ4n) is 6.28. The molecule has 3 aromatic carbocycles. The van der Waals surface area contributed by atoms with Crippen molar-refractivity contribution in [2.24, 2.45) is 0 Å². The molecule has 4 rings (SSSR count). The van der Waals surface area contributed by atoms with E-state index in [1.165, 1.54) is 23.7 Å². The van der Waals surface area contributed by atoms with Crippen LogP contribution >= 0.6 is 0 Å². The van der Waals surface area contributed by atoms with Gasteiger partial charge >= 0.3 is 248 Å². The second-order valence-corrected chi connectivity index (χ2v) is 22.4. The van der Waals surface area contributed by atoms with E-state index >= 15 is 0 Å². The Bertz CT molecular complexity index is 1690. The van der Waals surface area contributed by atoms with Gasteiger partial charge in [0.1, 0.15) is 0 Å². The number of hydrogen-bond acceptors (Lipinski definition) is 5. The van der Waals surface area contributed by atoms with Gasteiger partial charge in [-0.15, -0.1) is 0 Å². The van der Waals surface area contributed by atoms with E-state index in [-0.39, 0.29) is 35.8 Å². The van der Waals surface area contributed by atoms with E-state index in [1.54, 1.807) is 20.2 Å². The standard InChI is InChI=1S/C11H16NO3S.2C9H11.C3H6N2.CH2.2ClH.Ru/c1-9(2)15-10-5-7-11(8-6-10)16(13,14)12(3)4;2*1-7-4-8(2)6-9(3)5-7;1-2-5-3-4-1;;;;/h5,7-9H,1-4H3;2*4-5H,1-3H3;4-5H,1-2H2;1H2;2*1H;/q;;;;;;;+2/p-2. The number of nitrogens with one attached hydrogen (secondary N) is 2. The van der Waals surface area contributed by atoms with Gasteiger partial charge in [0, 0.05) is 0 Å². The van der Waals surface area contributed by atoms with Gasteiger partial charge in [-0.05, 0) is 0 Å². The summed E-state index contributed by atoms with van der Waals surface area (Å²) in [6, 6.07) is 14.3. The van der Waals surface area contributed by atoms with Crippen LogP contribution in [0.15, 0.2) is 47.4 Å². The van der Waals surface area contributed by atoms with Crippen LogP contribution in [0.25, 0.3) is 0 Å². The number of aryl methyl sites for hydroxylation is 6. The number of halogens is 2. The van der Waals surface area contributed by atoms with Gasteiger partial charge in [-0.3, -0.25) is 0 Å². The largest absolute Gasteiger partial charge is 1.00 e. The van der Waals surface area contributed by atoms with Crippen LogP contribution < -0.4 is 52.7 Å². The molecule has 239 valence electrons. The van der Waals surface area contributed by atoms with Gasteiger partial charge < -0.3 is 24.8 Å². The third-order valence-corrected chi connectivity index (χ3v) is 21.1. The molecule has 1 aliphatic rings. The molecule has 0 spiro atoms. The van der Waals surface area contributed by atoms with Crippen molar-refractivity contribution in [1.82, 2.24) is 14.9 Å². The predicted molar refractivity (Wildman–Crippen MR) is 171 cm³/mol. The number of ether oxygens (including phenoxy) is 1. The first-order valence-electron chi connectivity index (χ1n) is 13.9. The molecule has 1 fully saturated rings. The summed E-state index contributed by atoms with van der Waals surface area (Å²) in [7, 11) is -0.609. The number of rotatable bonds is 7. The maximum absolute atomic E-state index is 13.6. The smallest absolute Gasteiger partial charge is 1.00 e. The summed E-state index contributed by atoms with van der Waals surface area (Å²) >= 11 is -4.81. The molecule has 2 N–H and O–H groups in total. The first-order chi connectivity index (χ1) is 19.0. The van der Waals surface area contributed by atoms with E-state index in [0.717, 1.165) is 43.9 Å². The molecule has 3 aromatic rings. The van der Waals surface area contributed by atoms with Crippen LogP contribution in [0.5, 0.6) is 5.75 Å². The predicted octanol–water partition coefficient (Wildman–Crippen LogP) is -2.74. The molecule has 0 unspecified atom stereocenters. The van der Waals surface area contributed by atoms with Gasteiger partial charge in [-0.2, -0.15) is 0 Å². The molecular formula is C33H46Cl2N3O3RuS. The maximum atomic E-state index is 13.6. The van der Waals surface area contributed by atoms with Gasteiger partial charge in [0.05, 0.1) is 0 Å². The number of sulfonamides is 1. The summed E-state index contributed by atoms with van der Waals surface area (Å²) in [6.45, 7) is 18.4. The Labute approximate surface area is 271 Å². The van der Waals surface area contributed by atoms with Crippen molar-refractivity contribution in [3.8, 4) is 5.75 Å². The molecule has 0 amide bonds. The molecule has 1 saturated heterocycles. The van der Waals surface area contributed by atoms with Crippen LogP contribution in [-0.4, -0.2) is 55.5 Å². The quantitative estimate of drug-likeness (QED) is 0.258. The molecule has 0 aliphatic carbocycles. The van der Waals surface area contributed by atoms with Crippen LogP contribution in [0, 0.1) is 41.5 Å². The fraction of sp³-hybridized carbons (Fsp3) is 0.394. The molecule has 43 heavy (non-hydrogen) atoms. The zero-order valence-electron chi connectivity index (χ0n) is 26.9. The number of benzene rings is 3. The Morgan fingerprint density at radius 1 is 0.791 bits per heavy atom. The van der Waals surface area contributed by atoms with E-state index in [2.05, 4.69) is 76.4 Å². The monoisotopic (exact) mass is 736 g/mol. The van der Waals surface area contributed by atoms with E-state index < -0.39 is 22.7 Å². The van der Waals surface area contributed by atoms with Crippen molar-refractivity contribution in [1.29, 1.82) is 0 Å². The van der Waals surface area contributed by atoms with Crippen LogP contribution in [0.1, 0.15) is 47.2 Å². The Hall–Kier alpha value is -1.77. The molecule has 1 aliphatic heterocycles. The van der Waals surface area contributed by atoms with Crippen molar-refractivity contribution in [2.75, 3.05) is 27.2 Å². The van der Waals surface area contributed by atoms with Crippen LogP contribution in [0.3, 0.4) is 0 Å². The molecule has 0 aromatic heterocycles. The van der Waals surface area contributed by atoms with E-state index in [0.29, 0.717) is 5.75 Å². The SMILES string of the molecule is [CH2]=[Ru+2](=[C]1NCCN1)([c]1cc(S(=O)(=O)N(C)C)ccc1OC(C)C)([c]1c(C)cc(C)cc1C)[c]1c(C)cc(C)cc1C.[Cl-].[Cl-]. The van der Waals surface area contributed by atoms with Crippen LogP contribution in [-0.2, 0) is 22.7 Å². The molecule has 0 atom stereocenters. The molecule has 0 radical (unpaired) electrons. The topological polar surface area (TPSA) is 70.7 Å². The molecule has 0 bridgehead atoms. The van der Waals surface area contributed by atoms with Crippen molar-refractivity contribution in [2.45, 2.75) is 66.4 Å². The third kappa shape index (κ3) is 6.09. The van der Waals surface area contributed by atoms with Gasteiger partial charge in [-0.1, -0.05) is 0 Å². The molecule has 0 saturated carbocycles. The second-order valence-electron chi connectivity index (χ2n) is 11.6. The van der Waals surface area contributed by atoms with Crippen molar-refractivity contribution in [3.63, 3.8) is 0 Å². The minimum absolute atomic E-state index is 0. The average Bonchev–Trinajstić information content (AvgIpc) is 3.38. The minimum Gasteiger partial charge on any atom is -1.00 e. The van der Waals surface area contributed by atoms with Crippen molar-refractivity contribution in [3.05, 3.63) is 75.8 Å². The Balaban J connectivity index is 0.00000323. The van der Waals surface area contributed by atoms with Gasteiger partial charge in [-0.25, -0.2) is 0 Å². The van der Waals surface area contributed by atoms with E-state index in [4.69, 9.17) is 9.85 Å². The van der Waals surface area contributed by atoms with Gasteiger partial charge in [0.25, 0.3) is 0 Å². The van der Waals surface area contributed by atoms with Gasteiger partial charge in [0.15, 0.2) is 0 Å². The van der Waals surface area contributed by atoms with E-state index in [9.17, 15) is 8.42 Å². The zero-order chi connectivity index (χ0) is 30.5. The van der Waals surface area contributed by atoms with Crippen LogP contribution in [0.2, 0.25) is 0 Å². The molecular weight excluding hydrogens is 690 g/mol. The van der Waals surface area contributed by atoms with E-state index in [1.807, 2.05) is 26.0 Å². The maximum Gasteiger partial charge on any atom is -1.00 e. The average molecular weight is 737 g/mol.